The van der Waals surface area contributed by atoms with E-state index in [-0.39, 0.29) is 11.8 Å². The third kappa shape index (κ3) is 5.04. The van der Waals surface area contributed by atoms with Crippen LogP contribution >= 0.6 is 11.6 Å². The number of carbonyl (C=O) groups excluding carboxylic acids is 1. The van der Waals surface area contributed by atoms with Crippen LogP contribution in [0, 0.1) is 17.2 Å². The lowest BCUT2D eigenvalue weighted by Crippen LogP contribution is -3.09. The predicted octanol–water partition coefficient (Wildman–Crippen LogP) is 1.41. The van der Waals surface area contributed by atoms with Gasteiger partial charge in [-0.1, -0.05) is 43.6 Å². The molecule has 0 saturated heterocycles. The van der Waals surface area contributed by atoms with Crippen molar-refractivity contribution in [1.29, 1.82) is 5.26 Å². The standard InChI is InChI=1S/C16H22ClN3O/c1-12(2)16(3,11-18)19-15(21)10-20(4)9-13-7-5-6-8-14(13)17/h5-8,12H,9-10H2,1-4H3,(H,19,21)/p+1/t16-/m0/s1. The fourth-order valence-electron chi connectivity index (χ4n) is 1.94. The summed E-state index contributed by atoms with van der Waals surface area (Å²) in [6, 6.07) is 9.79. The third-order valence-corrected chi connectivity index (χ3v) is 4.07. The molecule has 21 heavy (non-hydrogen) atoms. The first-order chi connectivity index (χ1) is 9.78. The quantitative estimate of drug-likeness (QED) is 0.835. The number of rotatable bonds is 6. The number of nitrogens with zero attached hydrogens (tertiary/aromatic N) is 1. The fourth-order valence-corrected chi connectivity index (χ4v) is 2.14. The van der Waals surface area contributed by atoms with E-state index in [9.17, 15) is 10.1 Å². The van der Waals surface area contributed by atoms with Gasteiger partial charge in [-0.2, -0.15) is 5.26 Å². The van der Waals surface area contributed by atoms with E-state index in [1.165, 1.54) is 0 Å². The monoisotopic (exact) mass is 308 g/mol. The molecule has 2 atom stereocenters. The predicted molar refractivity (Wildman–Crippen MR) is 83.9 cm³/mol. The average molecular weight is 309 g/mol. The summed E-state index contributed by atoms with van der Waals surface area (Å²) >= 11 is 6.12. The molecule has 0 aromatic heterocycles. The Kier molecular flexibility index (Phi) is 6.19. The van der Waals surface area contributed by atoms with Crippen LogP contribution in [0.2, 0.25) is 5.02 Å². The van der Waals surface area contributed by atoms with E-state index in [1.807, 2.05) is 45.2 Å². The number of quaternary nitrogens is 1. The van der Waals surface area contributed by atoms with E-state index in [0.29, 0.717) is 18.1 Å². The van der Waals surface area contributed by atoms with Gasteiger partial charge < -0.3 is 10.2 Å². The second-order valence-electron chi connectivity index (χ2n) is 5.92. The third-order valence-electron chi connectivity index (χ3n) is 3.70. The van der Waals surface area contributed by atoms with Gasteiger partial charge in [-0.15, -0.1) is 0 Å². The summed E-state index contributed by atoms with van der Waals surface area (Å²) in [5.74, 6) is -0.0763. The Morgan fingerprint density at radius 3 is 2.62 bits per heavy atom. The summed E-state index contributed by atoms with van der Waals surface area (Å²) in [6.07, 6.45) is 0. The van der Waals surface area contributed by atoms with Crippen LogP contribution in [0.4, 0.5) is 0 Å². The Bertz CT molecular complexity index is 539. The highest BCUT2D eigenvalue weighted by Crippen LogP contribution is 2.15. The molecule has 0 saturated carbocycles. The Hall–Kier alpha value is -1.57. The maximum Gasteiger partial charge on any atom is 0.276 e. The number of hydrogen-bond donors (Lipinski definition) is 2. The van der Waals surface area contributed by atoms with E-state index < -0.39 is 5.54 Å². The van der Waals surface area contributed by atoms with Crippen molar-refractivity contribution in [1.82, 2.24) is 5.32 Å². The van der Waals surface area contributed by atoms with Crippen molar-refractivity contribution in [3.63, 3.8) is 0 Å². The average Bonchev–Trinajstić information content (AvgIpc) is 2.40. The molecule has 0 radical (unpaired) electrons. The Balaban J connectivity index is 2.59. The number of benzene rings is 1. The van der Waals surface area contributed by atoms with Crippen molar-refractivity contribution in [3.05, 3.63) is 34.9 Å². The van der Waals surface area contributed by atoms with E-state index in [2.05, 4.69) is 11.4 Å². The van der Waals surface area contributed by atoms with Gasteiger partial charge in [0.05, 0.1) is 13.1 Å². The van der Waals surface area contributed by atoms with Gasteiger partial charge in [0.25, 0.3) is 5.91 Å². The molecule has 0 aliphatic carbocycles. The van der Waals surface area contributed by atoms with Gasteiger partial charge in [0.1, 0.15) is 12.1 Å². The molecule has 0 heterocycles. The second kappa shape index (κ2) is 7.44. The molecule has 0 aliphatic heterocycles. The van der Waals surface area contributed by atoms with Crippen molar-refractivity contribution < 1.29 is 9.69 Å². The Morgan fingerprint density at radius 1 is 1.48 bits per heavy atom. The van der Waals surface area contributed by atoms with E-state index in [1.54, 1.807) is 6.92 Å². The van der Waals surface area contributed by atoms with Gasteiger partial charge in [0, 0.05) is 10.6 Å². The van der Waals surface area contributed by atoms with E-state index >= 15 is 0 Å². The minimum absolute atomic E-state index is 0.0512. The van der Waals surface area contributed by atoms with Gasteiger partial charge in [-0.05, 0) is 18.9 Å². The van der Waals surface area contributed by atoms with Gasteiger partial charge in [0.2, 0.25) is 0 Å². The normalized spacial score (nSPS) is 15.1. The number of amides is 1. The lowest BCUT2D eigenvalue weighted by Gasteiger charge is -2.27. The lowest BCUT2D eigenvalue weighted by atomic mass is 9.90. The molecule has 0 bridgehead atoms. The first kappa shape index (κ1) is 17.5. The number of halogens is 1. The number of nitriles is 1. The highest BCUT2D eigenvalue weighted by atomic mass is 35.5. The minimum Gasteiger partial charge on any atom is -0.333 e. The maximum absolute atomic E-state index is 12.1. The summed E-state index contributed by atoms with van der Waals surface area (Å²) in [7, 11) is 1.93. The van der Waals surface area contributed by atoms with Crippen molar-refractivity contribution in [2.24, 2.45) is 5.92 Å². The summed E-state index contributed by atoms with van der Waals surface area (Å²) in [5.41, 5.74) is 0.179. The molecule has 0 fully saturated rings. The van der Waals surface area contributed by atoms with E-state index in [4.69, 9.17) is 11.6 Å². The van der Waals surface area contributed by atoms with E-state index in [0.717, 1.165) is 10.5 Å². The summed E-state index contributed by atoms with van der Waals surface area (Å²) in [5, 5.41) is 12.8. The molecule has 0 spiro atoms. The highest BCUT2D eigenvalue weighted by molar-refractivity contribution is 6.31. The van der Waals surface area contributed by atoms with Crippen LogP contribution in [0.25, 0.3) is 0 Å². The summed E-state index contributed by atoms with van der Waals surface area (Å²) in [6.45, 7) is 6.56. The van der Waals surface area contributed by atoms with Crippen LogP contribution in [-0.2, 0) is 11.3 Å². The Morgan fingerprint density at radius 2 is 2.10 bits per heavy atom. The molecule has 1 amide bonds. The number of carbonyl (C=O) groups is 1. The zero-order chi connectivity index (χ0) is 16.0. The van der Waals surface area contributed by atoms with Gasteiger partial charge in [0.15, 0.2) is 6.54 Å². The maximum atomic E-state index is 12.1. The molecule has 5 heteroatoms. The molecule has 1 rings (SSSR count). The summed E-state index contributed by atoms with van der Waals surface area (Å²) in [4.78, 5) is 13.1. The van der Waals surface area contributed by atoms with Crippen LogP contribution in [0.3, 0.4) is 0 Å². The number of hydrogen-bond acceptors (Lipinski definition) is 2. The fraction of sp³-hybridized carbons (Fsp3) is 0.500. The van der Waals surface area contributed by atoms with Crippen LogP contribution in [0.5, 0.6) is 0 Å². The molecule has 4 nitrogen and oxygen atoms in total. The lowest BCUT2D eigenvalue weighted by molar-refractivity contribution is -0.885. The zero-order valence-corrected chi connectivity index (χ0v) is 13.8. The highest BCUT2D eigenvalue weighted by Gasteiger charge is 2.30. The second-order valence-corrected chi connectivity index (χ2v) is 6.33. The van der Waals surface area contributed by atoms with Crippen molar-refractivity contribution in [2.45, 2.75) is 32.9 Å². The van der Waals surface area contributed by atoms with Gasteiger partial charge in [-0.3, -0.25) is 4.79 Å². The SMILES string of the molecule is CC(C)[C@](C)(C#N)NC(=O)C[NH+](C)Cc1ccccc1Cl. The number of likely N-dealkylation sites (N-methyl/N-ethyl adjacent to an activating group) is 1. The molecular formula is C16H23ClN3O+. The molecule has 1 unspecified atom stereocenters. The summed E-state index contributed by atoms with van der Waals surface area (Å²) < 4.78 is 0. The molecule has 114 valence electrons. The molecule has 2 N–H and O–H groups in total. The van der Waals surface area contributed by atoms with Crippen LogP contribution < -0.4 is 10.2 Å². The number of nitrogens with one attached hydrogen (secondary N) is 2. The van der Waals surface area contributed by atoms with Crippen LogP contribution in [0.15, 0.2) is 24.3 Å². The first-order valence-corrected chi connectivity index (χ1v) is 7.43. The van der Waals surface area contributed by atoms with Crippen molar-refractivity contribution >= 4 is 17.5 Å². The van der Waals surface area contributed by atoms with Crippen molar-refractivity contribution in [2.75, 3.05) is 13.6 Å². The smallest absolute Gasteiger partial charge is 0.276 e. The molecule has 0 aliphatic rings. The van der Waals surface area contributed by atoms with Crippen LogP contribution in [0.1, 0.15) is 26.3 Å². The molecular weight excluding hydrogens is 286 g/mol. The Labute approximate surface area is 131 Å². The van der Waals surface area contributed by atoms with Gasteiger partial charge in [-0.25, -0.2) is 0 Å². The molecule has 1 aromatic carbocycles. The van der Waals surface area contributed by atoms with Crippen molar-refractivity contribution in [3.8, 4) is 6.07 Å². The van der Waals surface area contributed by atoms with Crippen LogP contribution in [-0.4, -0.2) is 25.0 Å². The minimum atomic E-state index is -0.832. The zero-order valence-electron chi connectivity index (χ0n) is 13.0. The largest absolute Gasteiger partial charge is 0.333 e. The van der Waals surface area contributed by atoms with Gasteiger partial charge >= 0.3 is 0 Å². The first-order valence-electron chi connectivity index (χ1n) is 7.05. The topological polar surface area (TPSA) is 57.3 Å². The molecule has 1 aromatic rings.